The van der Waals surface area contributed by atoms with E-state index in [1.54, 1.807) is 12.1 Å². The number of carbonyl (C=O) groups is 1. The van der Waals surface area contributed by atoms with Crippen LogP contribution in [-0.2, 0) is 21.1 Å². The Hall–Kier alpha value is -1.70. The van der Waals surface area contributed by atoms with Gasteiger partial charge >= 0.3 is 0 Å². The van der Waals surface area contributed by atoms with Crippen LogP contribution in [-0.4, -0.2) is 38.6 Å². The van der Waals surface area contributed by atoms with Gasteiger partial charge in [-0.15, -0.1) is 11.3 Å². The van der Waals surface area contributed by atoms with Crippen LogP contribution in [0.5, 0.6) is 0 Å². The number of nitrogens with one attached hydrogen (secondary N) is 1. The van der Waals surface area contributed by atoms with Gasteiger partial charge in [-0.05, 0) is 60.4 Å². The predicted molar refractivity (Wildman–Crippen MR) is 103 cm³/mol. The fourth-order valence-corrected chi connectivity index (χ4v) is 5.31. The van der Waals surface area contributed by atoms with Crippen molar-refractivity contribution in [3.05, 3.63) is 46.2 Å². The first-order valence-corrected chi connectivity index (χ1v) is 11.6. The number of hydrogen-bond acceptors (Lipinski definition) is 5. The summed E-state index contributed by atoms with van der Waals surface area (Å²) >= 11 is 1.82. The molecule has 138 valence electrons. The van der Waals surface area contributed by atoms with Crippen LogP contribution in [0.15, 0.2) is 40.6 Å². The largest absolute Gasteiger partial charge is 0.325 e. The molecule has 0 bridgehead atoms. The highest BCUT2D eigenvalue weighted by Gasteiger charge is 2.40. The van der Waals surface area contributed by atoms with E-state index in [2.05, 4.69) is 21.7 Å². The number of amides is 1. The maximum Gasteiger partial charge on any atom is 0.238 e. The standard InChI is InChI=1S/C19H22N2O3S2/c1-26(23,24)15-4-2-3-14(11-15)20-18(22)12-21-9-7-17-16(8-10-25-17)19(21)13-5-6-13/h2-4,8,10-11,13,19H,5-7,9,12H2,1H3,(H,20,22)/t19-/m1/s1. The molecule has 5 nitrogen and oxygen atoms in total. The van der Waals surface area contributed by atoms with Crippen LogP contribution in [0.3, 0.4) is 0 Å². The molecule has 4 rings (SSSR count). The number of thiophene rings is 1. The Kier molecular flexibility index (Phi) is 4.62. The third kappa shape index (κ3) is 3.70. The molecule has 0 spiro atoms. The Morgan fingerprint density at radius 3 is 2.85 bits per heavy atom. The van der Waals surface area contributed by atoms with Gasteiger partial charge in [0.05, 0.1) is 11.4 Å². The molecule has 1 fully saturated rings. The van der Waals surface area contributed by atoms with Crippen LogP contribution in [0.2, 0.25) is 0 Å². The minimum Gasteiger partial charge on any atom is -0.325 e. The van der Waals surface area contributed by atoms with Gasteiger partial charge in [0, 0.05) is 29.4 Å². The zero-order valence-electron chi connectivity index (χ0n) is 14.6. The number of sulfone groups is 1. The molecule has 1 aromatic heterocycles. The Morgan fingerprint density at radius 2 is 2.12 bits per heavy atom. The molecule has 1 amide bonds. The Morgan fingerprint density at radius 1 is 1.31 bits per heavy atom. The summed E-state index contributed by atoms with van der Waals surface area (Å²) in [7, 11) is -3.29. The van der Waals surface area contributed by atoms with Crippen LogP contribution in [0.1, 0.15) is 29.3 Å². The van der Waals surface area contributed by atoms with Gasteiger partial charge < -0.3 is 5.32 Å². The molecular weight excluding hydrogens is 368 g/mol. The fraction of sp³-hybridized carbons (Fsp3) is 0.421. The number of carbonyl (C=O) groups excluding carboxylic acids is 1. The molecular formula is C19H22N2O3S2. The lowest BCUT2D eigenvalue weighted by atomic mass is 9.96. The van der Waals surface area contributed by atoms with Crippen LogP contribution < -0.4 is 5.32 Å². The second kappa shape index (κ2) is 6.79. The quantitative estimate of drug-likeness (QED) is 0.852. The lowest BCUT2D eigenvalue weighted by Crippen LogP contribution is -2.41. The Labute approximate surface area is 157 Å². The van der Waals surface area contributed by atoms with Crippen molar-refractivity contribution in [1.82, 2.24) is 4.90 Å². The van der Waals surface area contributed by atoms with Crippen LogP contribution in [0, 0.1) is 5.92 Å². The number of hydrogen-bond donors (Lipinski definition) is 1. The molecule has 7 heteroatoms. The van der Waals surface area contributed by atoms with E-state index in [1.807, 2.05) is 11.3 Å². The predicted octanol–water partition coefficient (Wildman–Crippen LogP) is 3.10. The highest BCUT2D eigenvalue weighted by Crippen LogP contribution is 2.48. The average molecular weight is 391 g/mol. The maximum absolute atomic E-state index is 12.6. The summed E-state index contributed by atoms with van der Waals surface area (Å²) in [5.41, 5.74) is 1.92. The highest BCUT2D eigenvalue weighted by atomic mass is 32.2. The first kappa shape index (κ1) is 17.7. The van der Waals surface area contributed by atoms with Gasteiger partial charge in [-0.3, -0.25) is 9.69 Å². The highest BCUT2D eigenvalue weighted by molar-refractivity contribution is 7.90. The SMILES string of the molecule is CS(=O)(=O)c1cccc(NC(=O)CN2CCc3sccc3[C@H]2C2CC2)c1. The molecule has 2 aromatic rings. The number of nitrogens with zero attached hydrogens (tertiary/aromatic N) is 1. The number of fused-ring (bicyclic) bond motifs is 1. The molecule has 1 aromatic carbocycles. The van der Waals surface area contributed by atoms with E-state index >= 15 is 0 Å². The molecule has 1 N–H and O–H groups in total. The van der Waals surface area contributed by atoms with E-state index in [9.17, 15) is 13.2 Å². The zero-order chi connectivity index (χ0) is 18.3. The molecule has 1 aliphatic heterocycles. The van der Waals surface area contributed by atoms with Crippen LogP contribution in [0.25, 0.3) is 0 Å². The van der Waals surface area contributed by atoms with Crippen molar-refractivity contribution in [3.8, 4) is 0 Å². The molecule has 26 heavy (non-hydrogen) atoms. The molecule has 1 saturated carbocycles. The van der Waals surface area contributed by atoms with Crippen molar-refractivity contribution in [2.75, 3.05) is 24.7 Å². The summed E-state index contributed by atoms with van der Waals surface area (Å²) in [6, 6.07) is 8.98. The van der Waals surface area contributed by atoms with E-state index < -0.39 is 9.84 Å². The van der Waals surface area contributed by atoms with Gasteiger partial charge in [0.1, 0.15) is 0 Å². The Bertz CT molecular complexity index is 932. The van der Waals surface area contributed by atoms with E-state index in [1.165, 1.54) is 41.7 Å². The third-order valence-electron chi connectivity index (χ3n) is 5.08. The fourth-order valence-electron chi connectivity index (χ4n) is 3.73. The lowest BCUT2D eigenvalue weighted by Gasteiger charge is -2.35. The molecule has 2 aliphatic rings. The molecule has 2 heterocycles. The normalized spacial score (nSPS) is 20.6. The maximum atomic E-state index is 12.6. The third-order valence-corrected chi connectivity index (χ3v) is 7.19. The van der Waals surface area contributed by atoms with E-state index in [0.29, 0.717) is 24.2 Å². The van der Waals surface area contributed by atoms with Gasteiger partial charge in [0.25, 0.3) is 0 Å². The molecule has 0 saturated heterocycles. The van der Waals surface area contributed by atoms with Gasteiger partial charge in [-0.25, -0.2) is 8.42 Å². The summed E-state index contributed by atoms with van der Waals surface area (Å²) in [5, 5.41) is 5.01. The number of benzene rings is 1. The van der Waals surface area contributed by atoms with Crippen molar-refractivity contribution >= 4 is 32.8 Å². The first-order chi connectivity index (χ1) is 12.4. The average Bonchev–Trinajstić information content (AvgIpc) is 3.30. The zero-order valence-corrected chi connectivity index (χ0v) is 16.3. The van der Waals surface area contributed by atoms with Crippen molar-refractivity contribution in [1.29, 1.82) is 0 Å². The van der Waals surface area contributed by atoms with Crippen molar-refractivity contribution in [2.24, 2.45) is 5.92 Å². The first-order valence-electron chi connectivity index (χ1n) is 8.82. The van der Waals surface area contributed by atoms with Crippen LogP contribution in [0.4, 0.5) is 5.69 Å². The molecule has 1 atom stereocenters. The van der Waals surface area contributed by atoms with Gasteiger partial charge in [-0.2, -0.15) is 0 Å². The minimum absolute atomic E-state index is 0.0972. The van der Waals surface area contributed by atoms with E-state index in [0.717, 1.165) is 13.0 Å². The summed E-state index contributed by atoms with van der Waals surface area (Å²) in [6.45, 7) is 1.23. The Balaban J connectivity index is 1.47. The minimum atomic E-state index is -3.29. The molecule has 0 radical (unpaired) electrons. The number of rotatable bonds is 5. The summed E-state index contributed by atoms with van der Waals surface area (Å²) in [5.74, 6) is 0.560. The smallest absolute Gasteiger partial charge is 0.238 e. The second-order valence-corrected chi connectivity index (χ2v) is 10.2. The van der Waals surface area contributed by atoms with E-state index in [-0.39, 0.29) is 10.8 Å². The summed E-state index contributed by atoms with van der Waals surface area (Å²) < 4.78 is 23.4. The van der Waals surface area contributed by atoms with Crippen molar-refractivity contribution < 1.29 is 13.2 Å². The molecule has 1 aliphatic carbocycles. The van der Waals surface area contributed by atoms with Gasteiger partial charge in [0.15, 0.2) is 9.84 Å². The monoisotopic (exact) mass is 390 g/mol. The molecule has 0 unspecified atom stereocenters. The van der Waals surface area contributed by atoms with Crippen LogP contribution >= 0.6 is 11.3 Å². The summed E-state index contributed by atoms with van der Waals surface area (Å²) in [4.78, 5) is 16.5. The lowest BCUT2D eigenvalue weighted by molar-refractivity contribution is -0.118. The second-order valence-electron chi connectivity index (χ2n) is 7.15. The topological polar surface area (TPSA) is 66.5 Å². The number of anilines is 1. The van der Waals surface area contributed by atoms with Crippen molar-refractivity contribution in [3.63, 3.8) is 0 Å². The summed E-state index contributed by atoms with van der Waals surface area (Å²) in [6.07, 6.45) is 4.62. The van der Waals surface area contributed by atoms with E-state index in [4.69, 9.17) is 0 Å². The van der Waals surface area contributed by atoms with Gasteiger partial charge in [-0.1, -0.05) is 6.07 Å². The van der Waals surface area contributed by atoms with Gasteiger partial charge in [0.2, 0.25) is 5.91 Å². The van der Waals surface area contributed by atoms with Crippen molar-refractivity contribution in [2.45, 2.75) is 30.2 Å².